The number of hydrogen-bond acceptors (Lipinski definition) is 6. The third-order valence-corrected chi connectivity index (χ3v) is 7.95. The Labute approximate surface area is 238 Å². The van der Waals surface area contributed by atoms with E-state index in [4.69, 9.17) is 11.6 Å². The van der Waals surface area contributed by atoms with E-state index in [0.29, 0.717) is 23.0 Å². The molecule has 208 valence electrons. The van der Waals surface area contributed by atoms with Crippen LogP contribution in [0.1, 0.15) is 39.9 Å². The summed E-state index contributed by atoms with van der Waals surface area (Å²) in [4.78, 5) is 24.2. The Hall–Kier alpha value is -3.58. The van der Waals surface area contributed by atoms with Gasteiger partial charge in [0.15, 0.2) is 11.6 Å². The number of hydrogen-bond donors (Lipinski definition) is 1. The maximum Gasteiger partial charge on any atom is 0.253 e. The molecule has 2 aliphatic heterocycles. The molecule has 0 spiro atoms. The van der Waals surface area contributed by atoms with Crippen molar-refractivity contribution in [1.82, 2.24) is 20.1 Å². The Morgan fingerprint density at radius 2 is 1.68 bits per heavy atom. The normalized spacial score (nSPS) is 17.0. The molecule has 2 aromatic carbocycles. The number of piperidine rings is 1. The number of likely N-dealkylation sites (tertiary alicyclic amines) is 1. The van der Waals surface area contributed by atoms with Crippen LogP contribution in [0.5, 0.6) is 0 Å². The molecule has 2 aliphatic rings. The van der Waals surface area contributed by atoms with Gasteiger partial charge in [-0.25, -0.2) is 13.8 Å². The van der Waals surface area contributed by atoms with Gasteiger partial charge >= 0.3 is 0 Å². The average Bonchev–Trinajstić information content (AvgIpc) is 2.99. The SMILES string of the molecule is N#Cc1cc(C(=O)NCc2ccc(F)c(F)c2)cnc1N1CCN(C2CCN(Cc3ccc(Cl)cc3)CC2)CC1. The Morgan fingerprint density at radius 3 is 2.35 bits per heavy atom. The molecule has 1 aromatic heterocycles. The van der Waals surface area contributed by atoms with Crippen molar-refractivity contribution in [3.8, 4) is 6.07 Å². The van der Waals surface area contributed by atoms with Crippen molar-refractivity contribution in [1.29, 1.82) is 5.26 Å². The van der Waals surface area contributed by atoms with E-state index >= 15 is 0 Å². The molecule has 2 fully saturated rings. The van der Waals surface area contributed by atoms with Crippen LogP contribution in [0.15, 0.2) is 54.7 Å². The molecule has 0 unspecified atom stereocenters. The Morgan fingerprint density at radius 1 is 0.975 bits per heavy atom. The largest absolute Gasteiger partial charge is 0.353 e. The van der Waals surface area contributed by atoms with Gasteiger partial charge in [-0.1, -0.05) is 29.8 Å². The molecular weight excluding hydrogens is 534 g/mol. The van der Waals surface area contributed by atoms with E-state index in [1.165, 1.54) is 23.9 Å². The van der Waals surface area contributed by atoms with E-state index in [1.807, 2.05) is 12.1 Å². The lowest BCUT2D eigenvalue weighted by Crippen LogP contribution is -2.53. The summed E-state index contributed by atoms with van der Waals surface area (Å²) in [5.41, 5.74) is 2.29. The van der Waals surface area contributed by atoms with Crippen LogP contribution in [0.3, 0.4) is 0 Å². The zero-order valence-electron chi connectivity index (χ0n) is 22.1. The molecule has 40 heavy (non-hydrogen) atoms. The first-order chi connectivity index (χ1) is 19.4. The van der Waals surface area contributed by atoms with Gasteiger partial charge < -0.3 is 10.2 Å². The number of nitrogens with one attached hydrogen (secondary N) is 1. The summed E-state index contributed by atoms with van der Waals surface area (Å²) in [6.45, 7) is 6.40. The van der Waals surface area contributed by atoms with Gasteiger partial charge in [-0.3, -0.25) is 14.6 Å². The second-order valence-electron chi connectivity index (χ2n) is 10.3. The van der Waals surface area contributed by atoms with Gasteiger partial charge in [-0.05, 0) is 67.4 Å². The summed E-state index contributed by atoms with van der Waals surface area (Å²) in [7, 11) is 0. The number of halogens is 3. The molecule has 3 heterocycles. The summed E-state index contributed by atoms with van der Waals surface area (Å²) in [5, 5.41) is 13.2. The van der Waals surface area contributed by atoms with Crippen molar-refractivity contribution in [2.24, 2.45) is 0 Å². The Kier molecular flexibility index (Phi) is 8.90. The predicted octanol–water partition coefficient (Wildman–Crippen LogP) is 4.60. The van der Waals surface area contributed by atoms with Crippen molar-refractivity contribution in [3.05, 3.63) is 93.6 Å². The molecule has 10 heteroatoms. The van der Waals surface area contributed by atoms with Crippen LogP contribution in [0.25, 0.3) is 0 Å². The van der Waals surface area contributed by atoms with E-state index in [0.717, 1.165) is 75.8 Å². The minimum absolute atomic E-state index is 0.0294. The number of nitrogens with zero attached hydrogens (tertiary/aromatic N) is 5. The molecule has 0 aliphatic carbocycles. The summed E-state index contributed by atoms with van der Waals surface area (Å²) >= 11 is 6.01. The summed E-state index contributed by atoms with van der Waals surface area (Å²) in [5.74, 6) is -1.76. The molecule has 3 aromatic rings. The lowest BCUT2D eigenvalue weighted by molar-refractivity contribution is 0.0950. The monoisotopic (exact) mass is 564 g/mol. The van der Waals surface area contributed by atoms with E-state index in [1.54, 1.807) is 0 Å². The molecule has 0 saturated carbocycles. The van der Waals surface area contributed by atoms with Crippen LogP contribution in [0.2, 0.25) is 5.02 Å². The van der Waals surface area contributed by atoms with Crippen LogP contribution in [-0.2, 0) is 13.1 Å². The van der Waals surface area contributed by atoms with Crippen molar-refractivity contribution >= 4 is 23.3 Å². The minimum Gasteiger partial charge on any atom is -0.353 e. The fourth-order valence-corrected chi connectivity index (χ4v) is 5.57. The minimum atomic E-state index is -0.968. The highest BCUT2D eigenvalue weighted by Crippen LogP contribution is 2.24. The van der Waals surface area contributed by atoms with Crippen molar-refractivity contribution < 1.29 is 13.6 Å². The van der Waals surface area contributed by atoms with Crippen LogP contribution >= 0.6 is 11.6 Å². The highest BCUT2D eigenvalue weighted by atomic mass is 35.5. The number of piperazine rings is 1. The number of carbonyl (C=O) groups is 1. The number of rotatable bonds is 7. The number of pyridine rings is 1. The third kappa shape index (κ3) is 6.76. The van der Waals surface area contributed by atoms with Crippen LogP contribution in [0, 0.1) is 23.0 Å². The topological polar surface area (TPSA) is 75.5 Å². The number of nitriles is 1. The van der Waals surface area contributed by atoms with Gasteiger partial charge in [0.25, 0.3) is 5.91 Å². The standard InChI is InChI=1S/C30H31ClF2N6O/c31-25-4-1-21(2-5-25)20-37-9-7-26(8-10-37)38-11-13-39(14-12-38)29-23(17-34)16-24(19-35-29)30(40)36-18-22-3-6-27(32)28(33)15-22/h1-6,15-16,19,26H,7-14,18,20H2,(H,36,40). The molecule has 7 nitrogen and oxygen atoms in total. The molecule has 5 rings (SSSR count). The fraction of sp³-hybridized carbons (Fsp3) is 0.367. The molecule has 0 radical (unpaired) electrons. The lowest BCUT2D eigenvalue weighted by atomic mass is 10.0. The van der Waals surface area contributed by atoms with Crippen molar-refractivity contribution in [3.63, 3.8) is 0 Å². The van der Waals surface area contributed by atoms with Gasteiger partial charge in [-0.2, -0.15) is 5.26 Å². The smallest absolute Gasteiger partial charge is 0.253 e. The van der Waals surface area contributed by atoms with Crippen LogP contribution < -0.4 is 10.2 Å². The molecular formula is C30H31ClF2N6O. The number of anilines is 1. The summed E-state index contributed by atoms with van der Waals surface area (Å²) in [6, 6.07) is 15.8. The second kappa shape index (κ2) is 12.7. The molecule has 2 saturated heterocycles. The number of aromatic nitrogens is 1. The second-order valence-corrected chi connectivity index (χ2v) is 10.7. The lowest BCUT2D eigenvalue weighted by Gasteiger charge is -2.43. The summed E-state index contributed by atoms with van der Waals surface area (Å²) in [6.07, 6.45) is 3.72. The van der Waals surface area contributed by atoms with E-state index in [9.17, 15) is 18.8 Å². The first-order valence-corrected chi connectivity index (χ1v) is 13.9. The maximum atomic E-state index is 13.4. The summed E-state index contributed by atoms with van der Waals surface area (Å²) < 4.78 is 26.6. The highest BCUT2D eigenvalue weighted by Gasteiger charge is 2.28. The Balaban J connectivity index is 1.11. The Bertz CT molecular complexity index is 1380. The molecule has 1 amide bonds. The third-order valence-electron chi connectivity index (χ3n) is 7.69. The fourth-order valence-electron chi connectivity index (χ4n) is 5.44. The van der Waals surface area contributed by atoms with Gasteiger partial charge in [-0.15, -0.1) is 0 Å². The van der Waals surface area contributed by atoms with E-state index in [-0.39, 0.29) is 12.1 Å². The molecule has 0 atom stereocenters. The van der Waals surface area contributed by atoms with Gasteiger partial charge in [0.2, 0.25) is 0 Å². The number of amides is 1. The first kappa shape index (κ1) is 28.0. The number of benzene rings is 2. The predicted molar refractivity (Wildman–Crippen MR) is 150 cm³/mol. The molecule has 0 bridgehead atoms. The zero-order chi connectivity index (χ0) is 28.1. The maximum absolute atomic E-state index is 13.4. The van der Waals surface area contributed by atoms with Gasteiger partial charge in [0, 0.05) is 56.5 Å². The number of carbonyl (C=O) groups excluding carboxylic acids is 1. The van der Waals surface area contributed by atoms with Crippen LogP contribution in [-0.4, -0.2) is 66.0 Å². The van der Waals surface area contributed by atoms with E-state index in [2.05, 4.69) is 43.2 Å². The van der Waals surface area contributed by atoms with E-state index < -0.39 is 17.5 Å². The van der Waals surface area contributed by atoms with Crippen molar-refractivity contribution in [2.45, 2.75) is 32.0 Å². The van der Waals surface area contributed by atoms with Crippen LogP contribution in [0.4, 0.5) is 14.6 Å². The van der Waals surface area contributed by atoms with Gasteiger partial charge in [0.05, 0.1) is 11.1 Å². The highest BCUT2D eigenvalue weighted by molar-refractivity contribution is 6.30. The van der Waals surface area contributed by atoms with Gasteiger partial charge in [0.1, 0.15) is 11.9 Å². The molecule has 1 N–H and O–H groups in total. The average molecular weight is 565 g/mol. The quantitative estimate of drug-likeness (QED) is 0.452. The van der Waals surface area contributed by atoms with Crippen molar-refractivity contribution in [2.75, 3.05) is 44.2 Å². The first-order valence-electron chi connectivity index (χ1n) is 13.5. The zero-order valence-corrected chi connectivity index (χ0v) is 22.9.